The van der Waals surface area contributed by atoms with Crippen LogP contribution in [0.25, 0.3) is 10.9 Å². The third-order valence-corrected chi connectivity index (χ3v) is 2.46. The summed E-state index contributed by atoms with van der Waals surface area (Å²) in [6.07, 6.45) is 3.78. The van der Waals surface area contributed by atoms with Crippen molar-refractivity contribution in [1.82, 2.24) is 9.55 Å². The van der Waals surface area contributed by atoms with Crippen LogP contribution in [0.3, 0.4) is 0 Å². The molecule has 0 aliphatic heterocycles. The smallest absolute Gasteiger partial charge is 0.0673 e. The van der Waals surface area contributed by atoms with Crippen LogP contribution in [-0.2, 0) is 5.54 Å². The van der Waals surface area contributed by atoms with Crippen LogP contribution in [0.1, 0.15) is 26.5 Å². The monoisotopic (exact) mass is 188 g/mol. The summed E-state index contributed by atoms with van der Waals surface area (Å²) in [6.45, 7) is 8.79. The second-order valence-electron chi connectivity index (χ2n) is 4.73. The summed E-state index contributed by atoms with van der Waals surface area (Å²) in [7, 11) is 0. The molecule has 0 radical (unpaired) electrons. The molecule has 2 heteroatoms. The molecule has 2 nitrogen and oxygen atoms in total. The Bertz CT molecular complexity index is 461. The molecule has 0 N–H and O–H groups in total. The van der Waals surface area contributed by atoms with Gasteiger partial charge in [-0.2, -0.15) is 0 Å². The molecule has 0 aromatic carbocycles. The van der Waals surface area contributed by atoms with Gasteiger partial charge in [-0.15, -0.1) is 0 Å². The van der Waals surface area contributed by atoms with Gasteiger partial charge in [-0.3, -0.25) is 4.98 Å². The predicted octanol–water partition coefficient (Wildman–Crippen LogP) is 3.10. The standard InChI is InChI=1S/C12H16N2/c1-9-7-10-5-6-13-8-11(10)14(9)12(2,3)4/h5-8H,1-4H3. The van der Waals surface area contributed by atoms with Gasteiger partial charge in [0.2, 0.25) is 0 Å². The van der Waals surface area contributed by atoms with E-state index in [9.17, 15) is 0 Å². The number of rotatable bonds is 0. The maximum absolute atomic E-state index is 4.18. The fourth-order valence-corrected chi connectivity index (χ4v) is 2.08. The van der Waals surface area contributed by atoms with E-state index in [0.717, 1.165) is 0 Å². The summed E-state index contributed by atoms with van der Waals surface area (Å²) in [4.78, 5) is 4.18. The van der Waals surface area contributed by atoms with Crippen molar-refractivity contribution in [1.29, 1.82) is 0 Å². The second kappa shape index (κ2) is 2.84. The maximum Gasteiger partial charge on any atom is 0.0673 e. The van der Waals surface area contributed by atoms with Crippen molar-refractivity contribution < 1.29 is 0 Å². The highest BCUT2D eigenvalue weighted by Gasteiger charge is 2.17. The van der Waals surface area contributed by atoms with Gasteiger partial charge in [0, 0.05) is 22.8 Å². The highest BCUT2D eigenvalue weighted by molar-refractivity contribution is 5.80. The summed E-state index contributed by atoms with van der Waals surface area (Å²) >= 11 is 0. The first-order valence-corrected chi connectivity index (χ1v) is 4.93. The quantitative estimate of drug-likeness (QED) is 0.621. The lowest BCUT2D eigenvalue weighted by atomic mass is 10.1. The minimum atomic E-state index is 0.120. The minimum absolute atomic E-state index is 0.120. The van der Waals surface area contributed by atoms with Crippen molar-refractivity contribution in [2.24, 2.45) is 0 Å². The van der Waals surface area contributed by atoms with Gasteiger partial charge in [0.15, 0.2) is 0 Å². The zero-order valence-electron chi connectivity index (χ0n) is 9.20. The van der Waals surface area contributed by atoms with Crippen LogP contribution in [0, 0.1) is 6.92 Å². The molecule has 2 heterocycles. The molecule has 0 amide bonds. The summed E-state index contributed by atoms with van der Waals surface area (Å²) in [6, 6.07) is 4.27. The van der Waals surface area contributed by atoms with E-state index < -0.39 is 0 Å². The van der Waals surface area contributed by atoms with Crippen molar-refractivity contribution in [3.63, 3.8) is 0 Å². The van der Waals surface area contributed by atoms with Crippen molar-refractivity contribution in [3.8, 4) is 0 Å². The van der Waals surface area contributed by atoms with E-state index in [1.807, 2.05) is 12.4 Å². The summed E-state index contributed by atoms with van der Waals surface area (Å²) in [5.74, 6) is 0. The Labute approximate surface area is 84.6 Å². The van der Waals surface area contributed by atoms with E-state index in [1.54, 1.807) is 0 Å². The topological polar surface area (TPSA) is 17.8 Å². The van der Waals surface area contributed by atoms with Crippen LogP contribution in [-0.4, -0.2) is 9.55 Å². The number of fused-ring (bicyclic) bond motifs is 1. The van der Waals surface area contributed by atoms with Crippen molar-refractivity contribution in [2.75, 3.05) is 0 Å². The Morgan fingerprint density at radius 2 is 2.00 bits per heavy atom. The molecule has 74 valence electrons. The normalized spacial score (nSPS) is 12.3. The lowest BCUT2D eigenvalue weighted by molar-refractivity contribution is 0.403. The number of hydrogen-bond acceptors (Lipinski definition) is 1. The average Bonchev–Trinajstić information content (AvgIpc) is 2.38. The van der Waals surface area contributed by atoms with Crippen molar-refractivity contribution in [3.05, 3.63) is 30.2 Å². The van der Waals surface area contributed by atoms with Crippen LogP contribution < -0.4 is 0 Å². The Morgan fingerprint density at radius 1 is 1.29 bits per heavy atom. The maximum atomic E-state index is 4.18. The Morgan fingerprint density at radius 3 is 2.64 bits per heavy atom. The molecular weight excluding hydrogens is 172 g/mol. The molecule has 0 bridgehead atoms. The zero-order chi connectivity index (χ0) is 10.3. The van der Waals surface area contributed by atoms with Gasteiger partial charge in [0.1, 0.15) is 0 Å². The van der Waals surface area contributed by atoms with E-state index in [0.29, 0.717) is 0 Å². The molecule has 2 aromatic rings. The van der Waals surface area contributed by atoms with E-state index in [1.165, 1.54) is 16.6 Å². The van der Waals surface area contributed by atoms with Gasteiger partial charge in [-0.25, -0.2) is 0 Å². The van der Waals surface area contributed by atoms with Crippen molar-refractivity contribution in [2.45, 2.75) is 33.2 Å². The lowest BCUT2D eigenvalue weighted by Gasteiger charge is -2.24. The fourth-order valence-electron chi connectivity index (χ4n) is 2.08. The minimum Gasteiger partial charge on any atom is -0.338 e. The molecule has 0 aliphatic carbocycles. The predicted molar refractivity (Wildman–Crippen MR) is 59.5 cm³/mol. The van der Waals surface area contributed by atoms with E-state index in [-0.39, 0.29) is 5.54 Å². The Kier molecular flexibility index (Phi) is 1.88. The van der Waals surface area contributed by atoms with E-state index >= 15 is 0 Å². The van der Waals surface area contributed by atoms with E-state index in [2.05, 4.69) is 49.4 Å². The number of aryl methyl sites for hydroxylation is 1. The molecule has 0 aliphatic rings. The molecule has 0 unspecified atom stereocenters. The first-order chi connectivity index (χ1) is 6.50. The highest BCUT2D eigenvalue weighted by atomic mass is 15.1. The van der Waals surface area contributed by atoms with Gasteiger partial charge in [0.25, 0.3) is 0 Å². The van der Waals surface area contributed by atoms with Crippen LogP contribution in [0.15, 0.2) is 24.5 Å². The fraction of sp³-hybridized carbons (Fsp3) is 0.417. The highest BCUT2D eigenvalue weighted by Crippen LogP contribution is 2.26. The molecule has 0 saturated heterocycles. The summed E-state index contributed by atoms with van der Waals surface area (Å²) in [5.41, 5.74) is 2.63. The molecule has 2 rings (SSSR count). The molecule has 0 saturated carbocycles. The third-order valence-electron chi connectivity index (χ3n) is 2.46. The third kappa shape index (κ3) is 1.31. The van der Waals surface area contributed by atoms with Gasteiger partial charge < -0.3 is 4.57 Å². The van der Waals surface area contributed by atoms with Crippen LogP contribution in [0.2, 0.25) is 0 Å². The largest absolute Gasteiger partial charge is 0.338 e. The molecule has 14 heavy (non-hydrogen) atoms. The van der Waals surface area contributed by atoms with Crippen LogP contribution in [0.5, 0.6) is 0 Å². The number of aromatic nitrogens is 2. The van der Waals surface area contributed by atoms with Gasteiger partial charge in [-0.05, 0) is 39.8 Å². The first-order valence-electron chi connectivity index (χ1n) is 4.93. The molecular formula is C12H16N2. The second-order valence-corrected chi connectivity index (χ2v) is 4.73. The molecule has 2 aromatic heterocycles. The number of pyridine rings is 1. The lowest BCUT2D eigenvalue weighted by Crippen LogP contribution is -2.22. The van der Waals surface area contributed by atoms with E-state index in [4.69, 9.17) is 0 Å². The van der Waals surface area contributed by atoms with Crippen LogP contribution in [0.4, 0.5) is 0 Å². The summed E-state index contributed by atoms with van der Waals surface area (Å²) in [5, 5.41) is 1.27. The Hall–Kier alpha value is -1.31. The number of nitrogens with zero attached hydrogens (tertiary/aromatic N) is 2. The van der Waals surface area contributed by atoms with Gasteiger partial charge in [0.05, 0.1) is 11.7 Å². The Balaban J connectivity index is 2.81. The van der Waals surface area contributed by atoms with Crippen molar-refractivity contribution >= 4 is 10.9 Å². The van der Waals surface area contributed by atoms with Gasteiger partial charge in [-0.1, -0.05) is 0 Å². The summed E-state index contributed by atoms with van der Waals surface area (Å²) < 4.78 is 2.33. The average molecular weight is 188 g/mol. The zero-order valence-corrected chi connectivity index (χ0v) is 9.20. The first kappa shape index (κ1) is 9.25. The SMILES string of the molecule is Cc1cc2ccncc2n1C(C)(C)C. The number of hydrogen-bond donors (Lipinski definition) is 0. The van der Waals surface area contributed by atoms with Crippen LogP contribution >= 0.6 is 0 Å². The molecule has 0 spiro atoms. The van der Waals surface area contributed by atoms with Gasteiger partial charge >= 0.3 is 0 Å². The molecule has 0 fully saturated rings. The molecule has 0 atom stereocenters.